The molecule has 1 aliphatic carbocycles. The van der Waals surface area contributed by atoms with E-state index in [1.807, 2.05) is 11.6 Å². The number of aryl methyl sites for hydroxylation is 2. The molecule has 0 bridgehead atoms. The predicted molar refractivity (Wildman–Crippen MR) is 81.2 cm³/mol. The van der Waals surface area contributed by atoms with Gasteiger partial charge in [-0.2, -0.15) is 5.10 Å². The van der Waals surface area contributed by atoms with E-state index in [1.165, 1.54) is 32.1 Å². The number of aromatic nitrogens is 2. The molecule has 0 saturated heterocycles. The number of nitrogens with zero attached hydrogens (tertiary/aromatic N) is 2. The summed E-state index contributed by atoms with van der Waals surface area (Å²) in [6.07, 6.45) is 8.07. The first-order valence-corrected chi connectivity index (χ1v) is 8.31. The summed E-state index contributed by atoms with van der Waals surface area (Å²) in [5, 5.41) is 14.8. The van der Waals surface area contributed by atoms with Crippen LogP contribution in [0.1, 0.15) is 56.8 Å². The van der Waals surface area contributed by atoms with Gasteiger partial charge in [-0.1, -0.05) is 32.1 Å². The first-order chi connectivity index (χ1) is 9.11. The van der Waals surface area contributed by atoms with E-state index in [-0.39, 0.29) is 6.10 Å². The van der Waals surface area contributed by atoms with E-state index in [1.54, 1.807) is 0 Å². The lowest BCUT2D eigenvalue weighted by atomic mass is 9.85. The van der Waals surface area contributed by atoms with Gasteiger partial charge in [0, 0.05) is 13.0 Å². The van der Waals surface area contributed by atoms with Crippen LogP contribution in [0.5, 0.6) is 0 Å². The van der Waals surface area contributed by atoms with E-state index in [0.29, 0.717) is 6.42 Å². The molecule has 0 spiro atoms. The minimum atomic E-state index is -0.235. The van der Waals surface area contributed by atoms with Gasteiger partial charge in [0.1, 0.15) is 0 Å². The second kappa shape index (κ2) is 6.89. The molecule has 1 fully saturated rings. The van der Waals surface area contributed by atoms with Crippen molar-refractivity contribution in [1.82, 2.24) is 9.78 Å². The van der Waals surface area contributed by atoms with Crippen molar-refractivity contribution in [3.05, 3.63) is 15.9 Å². The van der Waals surface area contributed by atoms with Crippen LogP contribution in [0, 0.1) is 12.8 Å². The van der Waals surface area contributed by atoms with Crippen LogP contribution in [-0.2, 0) is 13.0 Å². The van der Waals surface area contributed by atoms with Gasteiger partial charge >= 0.3 is 0 Å². The summed E-state index contributed by atoms with van der Waals surface area (Å²) in [5.74, 6) is 0.724. The van der Waals surface area contributed by atoms with Crippen LogP contribution in [0.2, 0.25) is 0 Å². The van der Waals surface area contributed by atoms with Crippen LogP contribution in [0.15, 0.2) is 4.47 Å². The Morgan fingerprint density at radius 1 is 1.37 bits per heavy atom. The van der Waals surface area contributed by atoms with Gasteiger partial charge in [-0.3, -0.25) is 4.68 Å². The lowest BCUT2D eigenvalue weighted by Gasteiger charge is -2.24. The number of aliphatic hydroxyl groups excluding tert-OH is 1. The molecule has 19 heavy (non-hydrogen) atoms. The van der Waals surface area contributed by atoms with Gasteiger partial charge in [0.25, 0.3) is 0 Å². The molecule has 0 radical (unpaired) electrons. The van der Waals surface area contributed by atoms with Gasteiger partial charge in [0.2, 0.25) is 0 Å². The molecule has 1 aromatic rings. The Hall–Kier alpha value is -0.350. The highest BCUT2D eigenvalue weighted by molar-refractivity contribution is 9.10. The summed E-state index contributed by atoms with van der Waals surface area (Å²) in [7, 11) is 0. The summed E-state index contributed by atoms with van der Waals surface area (Å²) in [6, 6.07) is 0. The Morgan fingerprint density at radius 2 is 2.05 bits per heavy atom. The van der Waals surface area contributed by atoms with E-state index >= 15 is 0 Å². The van der Waals surface area contributed by atoms with Crippen LogP contribution in [-0.4, -0.2) is 21.0 Å². The highest BCUT2D eigenvalue weighted by atomic mass is 79.9. The molecule has 1 atom stereocenters. The smallest absolute Gasteiger partial charge is 0.0738 e. The number of hydrogen-bond donors (Lipinski definition) is 1. The molecular formula is C15H25BrN2O. The minimum absolute atomic E-state index is 0.235. The Morgan fingerprint density at radius 3 is 2.68 bits per heavy atom. The van der Waals surface area contributed by atoms with Crippen molar-refractivity contribution in [1.29, 1.82) is 0 Å². The molecule has 0 aliphatic heterocycles. The fourth-order valence-electron chi connectivity index (χ4n) is 3.18. The van der Waals surface area contributed by atoms with E-state index in [2.05, 4.69) is 28.0 Å². The average molecular weight is 329 g/mol. The van der Waals surface area contributed by atoms with Crippen molar-refractivity contribution in [2.45, 2.75) is 71.4 Å². The molecule has 1 heterocycles. The number of aliphatic hydroxyl groups is 1. The Labute approximate surface area is 124 Å². The quantitative estimate of drug-likeness (QED) is 0.891. The monoisotopic (exact) mass is 328 g/mol. The van der Waals surface area contributed by atoms with Gasteiger partial charge in [0.05, 0.1) is 22.0 Å². The Bertz CT molecular complexity index is 411. The highest BCUT2D eigenvalue weighted by Crippen LogP contribution is 2.29. The van der Waals surface area contributed by atoms with Crippen molar-refractivity contribution in [3.63, 3.8) is 0 Å². The zero-order valence-corrected chi connectivity index (χ0v) is 13.6. The van der Waals surface area contributed by atoms with Gasteiger partial charge in [-0.25, -0.2) is 0 Å². The fraction of sp³-hybridized carbons (Fsp3) is 0.800. The molecule has 1 aromatic heterocycles. The largest absolute Gasteiger partial charge is 0.393 e. The first kappa shape index (κ1) is 15.0. The zero-order valence-electron chi connectivity index (χ0n) is 12.0. The maximum Gasteiger partial charge on any atom is 0.0738 e. The second-order valence-electron chi connectivity index (χ2n) is 5.76. The molecule has 0 amide bonds. The molecule has 1 aliphatic rings. The first-order valence-electron chi connectivity index (χ1n) is 7.51. The Kier molecular flexibility index (Phi) is 5.46. The van der Waals surface area contributed by atoms with Crippen LogP contribution in [0.25, 0.3) is 0 Å². The summed E-state index contributed by atoms with van der Waals surface area (Å²) in [5.41, 5.74) is 2.16. The van der Waals surface area contributed by atoms with E-state index in [4.69, 9.17) is 0 Å². The number of hydrogen-bond acceptors (Lipinski definition) is 2. The van der Waals surface area contributed by atoms with Gasteiger partial charge in [-0.05, 0) is 42.1 Å². The van der Waals surface area contributed by atoms with Crippen LogP contribution >= 0.6 is 15.9 Å². The van der Waals surface area contributed by atoms with Crippen LogP contribution in [0.3, 0.4) is 0 Å². The van der Waals surface area contributed by atoms with Gasteiger partial charge in [0.15, 0.2) is 0 Å². The van der Waals surface area contributed by atoms with E-state index < -0.39 is 0 Å². The maximum atomic E-state index is 10.3. The minimum Gasteiger partial charge on any atom is -0.393 e. The topological polar surface area (TPSA) is 38.0 Å². The van der Waals surface area contributed by atoms with Crippen molar-refractivity contribution in [2.75, 3.05) is 0 Å². The van der Waals surface area contributed by atoms with Crippen LogP contribution in [0.4, 0.5) is 0 Å². The maximum absolute atomic E-state index is 10.3. The molecule has 1 saturated carbocycles. The standard InChI is InChI=1S/C15H25BrN2O/c1-3-18-14(15(16)11(2)17-18)10-13(19)9-12-7-5-4-6-8-12/h12-13,19H,3-10H2,1-2H3. The second-order valence-corrected chi connectivity index (χ2v) is 6.55. The third-order valence-corrected chi connectivity index (χ3v) is 5.24. The van der Waals surface area contributed by atoms with Gasteiger partial charge in [-0.15, -0.1) is 0 Å². The van der Waals surface area contributed by atoms with E-state index in [0.717, 1.165) is 34.7 Å². The normalized spacial score (nSPS) is 18.7. The van der Waals surface area contributed by atoms with Gasteiger partial charge < -0.3 is 5.11 Å². The molecule has 3 nitrogen and oxygen atoms in total. The fourth-order valence-corrected chi connectivity index (χ4v) is 3.62. The van der Waals surface area contributed by atoms with E-state index in [9.17, 15) is 5.11 Å². The van der Waals surface area contributed by atoms with Crippen molar-refractivity contribution >= 4 is 15.9 Å². The predicted octanol–water partition coefficient (Wildman–Crippen LogP) is 3.85. The highest BCUT2D eigenvalue weighted by Gasteiger charge is 2.20. The molecule has 0 aromatic carbocycles. The van der Waals surface area contributed by atoms with Crippen molar-refractivity contribution < 1.29 is 5.11 Å². The van der Waals surface area contributed by atoms with Crippen LogP contribution < -0.4 is 0 Å². The number of halogens is 1. The van der Waals surface area contributed by atoms with Crippen molar-refractivity contribution in [2.24, 2.45) is 5.92 Å². The molecular weight excluding hydrogens is 304 g/mol. The summed E-state index contributed by atoms with van der Waals surface area (Å²) in [4.78, 5) is 0. The lowest BCUT2D eigenvalue weighted by molar-refractivity contribution is 0.128. The lowest BCUT2D eigenvalue weighted by Crippen LogP contribution is -2.20. The Balaban J connectivity index is 1.96. The van der Waals surface area contributed by atoms with Crippen molar-refractivity contribution in [3.8, 4) is 0 Å². The summed E-state index contributed by atoms with van der Waals surface area (Å²) in [6.45, 7) is 4.96. The SMILES string of the molecule is CCn1nc(C)c(Br)c1CC(O)CC1CCCCC1. The average Bonchev–Trinajstić information content (AvgIpc) is 2.67. The summed E-state index contributed by atoms with van der Waals surface area (Å²) >= 11 is 3.60. The molecule has 4 heteroatoms. The molecule has 2 rings (SSSR count). The number of rotatable bonds is 5. The molecule has 1 N–H and O–H groups in total. The molecule has 1 unspecified atom stereocenters. The zero-order chi connectivity index (χ0) is 13.8. The summed E-state index contributed by atoms with van der Waals surface area (Å²) < 4.78 is 3.07. The third-order valence-electron chi connectivity index (χ3n) is 4.21. The molecule has 108 valence electrons. The third kappa shape index (κ3) is 3.82.